The first kappa shape index (κ1) is 28.9. The van der Waals surface area contributed by atoms with Crippen molar-refractivity contribution in [3.63, 3.8) is 0 Å². The van der Waals surface area contributed by atoms with Crippen molar-refractivity contribution in [1.82, 2.24) is 9.97 Å². The minimum Gasteiger partial charge on any atom is -0.444 e. The van der Waals surface area contributed by atoms with Crippen LogP contribution in [0.15, 0.2) is 57.7 Å². The quantitative estimate of drug-likeness (QED) is 0.165. The summed E-state index contributed by atoms with van der Waals surface area (Å²) in [6.07, 6.45) is 2.31. The van der Waals surface area contributed by atoms with Crippen molar-refractivity contribution in [1.29, 1.82) is 0 Å². The molecule has 0 saturated carbocycles. The van der Waals surface area contributed by atoms with Gasteiger partial charge in [0.05, 0.1) is 9.85 Å². The fourth-order valence-electron chi connectivity index (χ4n) is 2.40. The molecule has 0 radical (unpaired) electrons. The van der Waals surface area contributed by atoms with Gasteiger partial charge in [-0.3, -0.25) is 25.5 Å². The fourth-order valence-corrected chi connectivity index (χ4v) is 3.21. The van der Waals surface area contributed by atoms with Crippen molar-refractivity contribution < 1.29 is 19.4 Å². The molecule has 12 nitrogen and oxygen atoms in total. The zero-order chi connectivity index (χ0) is 27.0. The second-order valence-electron chi connectivity index (χ2n) is 7.83. The summed E-state index contributed by atoms with van der Waals surface area (Å²) >= 11 is 11.6. The zero-order valence-corrected chi connectivity index (χ0v) is 22.9. The molecule has 0 aliphatic carbocycles. The molecule has 0 aliphatic heterocycles. The van der Waals surface area contributed by atoms with Crippen LogP contribution in [0.25, 0.3) is 0 Å². The number of rotatable bonds is 5. The average Bonchev–Trinajstić information content (AvgIpc) is 2.77. The lowest BCUT2D eigenvalue weighted by molar-refractivity contribution is -0.385. The summed E-state index contributed by atoms with van der Waals surface area (Å²) in [5.74, 6) is 0.126. The molecule has 0 spiro atoms. The molecular formula is C21H19Br2ClN6O6. The summed E-state index contributed by atoms with van der Waals surface area (Å²) in [4.78, 5) is 39.5. The highest BCUT2D eigenvalue weighted by Gasteiger charge is 2.18. The maximum atomic E-state index is 11.7. The molecule has 0 aliphatic rings. The van der Waals surface area contributed by atoms with Gasteiger partial charge in [0.1, 0.15) is 5.60 Å². The lowest BCUT2D eigenvalue weighted by Gasteiger charge is -2.19. The normalized spacial score (nSPS) is 10.5. The molecule has 15 heteroatoms. The first-order valence-corrected chi connectivity index (χ1v) is 11.8. The number of anilines is 3. The highest BCUT2D eigenvalue weighted by molar-refractivity contribution is 9.10. The Morgan fingerprint density at radius 1 is 0.944 bits per heavy atom. The number of aromatic nitrogens is 2. The van der Waals surface area contributed by atoms with E-state index in [1.807, 2.05) is 0 Å². The molecule has 0 bridgehead atoms. The minimum absolute atomic E-state index is 0.0989. The third-order valence-corrected chi connectivity index (χ3v) is 4.97. The number of amides is 1. The van der Waals surface area contributed by atoms with E-state index in [0.29, 0.717) is 20.3 Å². The van der Waals surface area contributed by atoms with Crippen LogP contribution in [0.5, 0.6) is 0 Å². The van der Waals surface area contributed by atoms with Crippen molar-refractivity contribution >= 4 is 78.1 Å². The van der Waals surface area contributed by atoms with Gasteiger partial charge in [0.15, 0.2) is 0 Å². The molecule has 0 fully saturated rings. The lowest BCUT2D eigenvalue weighted by Crippen LogP contribution is -2.27. The van der Waals surface area contributed by atoms with Gasteiger partial charge in [-0.15, -0.1) is 0 Å². The second kappa shape index (κ2) is 12.6. The Balaban J connectivity index is 0.000000346. The van der Waals surface area contributed by atoms with Crippen LogP contribution in [-0.2, 0) is 4.74 Å². The molecule has 2 heterocycles. The highest BCUT2D eigenvalue weighted by Crippen LogP contribution is 2.28. The SMILES string of the molecule is CC(C)(C)OC(=O)Nc1ccc(Nc2ncc(Br)cc2[N+](=O)[O-])cc1.O=[N+]([O-])c1cc(Br)cnc1Cl. The Morgan fingerprint density at radius 3 is 1.94 bits per heavy atom. The number of nitrogens with one attached hydrogen (secondary N) is 2. The second-order valence-corrected chi connectivity index (χ2v) is 10.0. The van der Waals surface area contributed by atoms with Gasteiger partial charge in [-0.25, -0.2) is 14.8 Å². The highest BCUT2D eigenvalue weighted by atomic mass is 79.9. The number of nitro groups is 2. The Morgan fingerprint density at radius 2 is 1.44 bits per heavy atom. The fraction of sp³-hybridized carbons (Fsp3) is 0.190. The Kier molecular flexibility index (Phi) is 10.1. The lowest BCUT2D eigenvalue weighted by atomic mass is 10.2. The van der Waals surface area contributed by atoms with E-state index in [1.54, 1.807) is 45.0 Å². The molecule has 0 atom stereocenters. The van der Waals surface area contributed by atoms with Crippen LogP contribution in [0.2, 0.25) is 5.15 Å². The van der Waals surface area contributed by atoms with Crippen LogP contribution in [0.1, 0.15) is 20.8 Å². The monoisotopic (exact) mass is 644 g/mol. The van der Waals surface area contributed by atoms with E-state index in [2.05, 4.69) is 52.5 Å². The Hall–Kier alpha value is -3.36. The number of carbonyl (C=O) groups excluding carboxylic acids is 1. The van der Waals surface area contributed by atoms with E-state index in [4.69, 9.17) is 16.3 Å². The molecule has 3 aromatic rings. The summed E-state index contributed by atoms with van der Waals surface area (Å²) in [6, 6.07) is 9.30. The molecule has 1 aromatic carbocycles. The van der Waals surface area contributed by atoms with Gasteiger partial charge in [-0.2, -0.15) is 0 Å². The Bertz CT molecular complexity index is 1270. The van der Waals surface area contributed by atoms with Crippen LogP contribution in [0.3, 0.4) is 0 Å². The molecule has 2 N–H and O–H groups in total. The van der Waals surface area contributed by atoms with Crippen molar-refractivity contribution in [2.45, 2.75) is 26.4 Å². The third kappa shape index (κ3) is 9.36. The van der Waals surface area contributed by atoms with Crippen LogP contribution in [0.4, 0.5) is 33.4 Å². The molecule has 2 aromatic heterocycles. The van der Waals surface area contributed by atoms with E-state index in [-0.39, 0.29) is 22.3 Å². The van der Waals surface area contributed by atoms with Crippen LogP contribution < -0.4 is 10.6 Å². The smallest absolute Gasteiger partial charge is 0.412 e. The van der Waals surface area contributed by atoms with E-state index >= 15 is 0 Å². The first-order valence-electron chi connectivity index (χ1n) is 9.87. The topological polar surface area (TPSA) is 162 Å². The van der Waals surface area contributed by atoms with Crippen molar-refractivity contribution in [2.75, 3.05) is 10.6 Å². The minimum atomic E-state index is -0.586. The van der Waals surface area contributed by atoms with Gasteiger partial charge in [-0.1, -0.05) is 11.6 Å². The van der Waals surface area contributed by atoms with Crippen molar-refractivity contribution in [3.8, 4) is 0 Å². The summed E-state index contributed by atoms with van der Waals surface area (Å²) in [7, 11) is 0. The van der Waals surface area contributed by atoms with Gasteiger partial charge in [0.25, 0.3) is 0 Å². The maximum absolute atomic E-state index is 11.7. The van der Waals surface area contributed by atoms with E-state index in [0.717, 1.165) is 0 Å². The van der Waals surface area contributed by atoms with E-state index in [1.165, 1.54) is 24.5 Å². The van der Waals surface area contributed by atoms with Crippen LogP contribution in [-0.4, -0.2) is 31.5 Å². The number of hydrogen-bond donors (Lipinski definition) is 2. The standard InChI is InChI=1S/C16H17BrN4O4.C5H2BrClN2O2/c1-16(2,3)25-15(22)20-12-6-4-11(5-7-12)19-14-13(21(23)24)8-10(17)9-18-14;6-3-1-4(9(10)11)5(7)8-2-3/h4-9H,1-3H3,(H,18,19)(H,20,22);1-2H. The van der Waals surface area contributed by atoms with Crippen molar-refractivity contribution in [3.05, 3.63) is 83.1 Å². The van der Waals surface area contributed by atoms with Crippen LogP contribution >= 0.6 is 43.5 Å². The number of ether oxygens (including phenoxy) is 1. The summed E-state index contributed by atoms with van der Waals surface area (Å²) in [5, 5.41) is 26.7. The molecule has 36 heavy (non-hydrogen) atoms. The van der Waals surface area contributed by atoms with Gasteiger partial charge < -0.3 is 10.1 Å². The van der Waals surface area contributed by atoms with E-state index < -0.39 is 21.5 Å². The zero-order valence-electron chi connectivity index (χ0n) is 19.0. The molecule has 3 rings (SSSR count). The van der Waals surface area contributed by atoms with Crippen LogP contribution in [0, 0.1) is 20.2 Å². The average molecular weight is 647 g/mol. The predicted octanol–water partition coefficient (Wildman–Crippen LogP) is 7.25. The molecular weight excluding hydrogens is 628 g/mol. The van der Waals surface area contributed by atoms with Gasteiger partial charge in [0.2, 0.25) is 11.0 Å². The van der Waals surface area contributed by atoms with E-state index in [9.17, 15) is 25.0 Å². The maximum Gasteiger partial charge on any atom is 0.412 e. The number of carbonyl (C=O) groups is 1. The first-order chi connectivity index (χ1) is 16.7. The Labute approximate surface area is 227 Å². The number of nitrogens with zero attached hydrogens (tertiary/aromatic N) is 4. The number of halogens is 3. The van der Waals surface area contributed by atoms with Gasteiger partial charge in [-0.05, 0) is 76.9 Å². The molecule has 0 unspecified atom stereocenters. The van der Waals surface area contributed by atoms with Gasteiger partial charge in [0, 0.05) is 44.8 Å². The third-order valence-electron chi connectivity index (χ3n) is 3.81. The summed E-state index contributed by atoms with van der Waals surface area (Å²) in [5.41, 5.74) is 0.203. The molecule has 0 saturated heterocycles. The summed E-state index contributed by atoms with van der Waals surface area (Å²) in [6.45, 7) is 5.33. The number of benzene rings is 1. The van der Waals surface area contributed by atoms with Crippen molar-refractivity contribution in [2.24, 2.45) is 0 Å². The predicted molar refractivity (Wildman–Crippen MR) is 142 cm³/mol. The largest absolute Gasteiger partial charge is 0.444 e. The number of hydrogen-bond acceptors (Lipinski definition) is 9. The molecule has 190 valence electrons. The number of pyridine rings is 2. The van der Waals surface area contributed by atoms with Gasteiger partial charge >= 0.3 is 17.5 Å². The summed E-state index contributed by atoms with van der Waals surface area (Å²) < 4.78 is 6.22. The molecule has 1 amide bonds.